The number of carbonyl (C=O) groups excluding carboxylic acids is 1. The van der Waals surface area contributed by atoms with Crippen molar-refractivity contribution in [1.29, 1.82) is 0 Å². The molecule has 5 heteroatoms. The van der Waals surface area contributed by atoms with Gasteiger partial charge < -0.3 is 14.6 Å². The van der Waals surface area contributed by atoms with E-state index < -0.39 is 11.8 Å². The molecule has 0 amide bonds. The predicted octanol–water partition coefficient (Wildman–Crippen LogP) is 0.597. The van der Waals surface area contributed by atoms with Crippen LogP contribution in [0.4, 0.5) is 0 Å². The lowest BCUT2D eigenvalue weighted by Gasteiger charge is -2.01. The molecule has 0 aliphatic rings. The molecule has 0 aliphatic carbocycles. The number of hydrogen-bond donors (Lipinski definition) is 1. The number of ether oxygens (including phenoxy) is 2. The minimum Gasteiger partial charge on any atom is -0.500 e. The highest BCUT2D eigenvalue weighted by atomic mass is 16.5. The molecule has 0 fully saturated rings. The molecule has 0 saturated heterocycles. The zero-order chi connectivity index (χ0) is 11.0. The topological polar surface area (TPSA) is 72.8 Å². The van der Waals surface area contributed by atoms with E-state index >= 15 is 0 Å². The number of carbonyl (C=O) groups is 2. The summed E-state index contributed by atoms with van der Waals surface area (Å²) >= 11 is 0. The average molecular weight is 202 g/mol. The van der Waals surface area contributed by atoms with Crippen LogP contribution in [0.1, 0.15) is 13.3 Å². The Morgan fingerprint density at radius 2 is 2.07 bits per heavy atom. The summed E-state index contributed by atoms with van der Waals surface area (Å²) in [6.45, 7) is 2.24. The Balaban J connectivity index is 4.34. The van der Waals surface area contributed by atoms with Crippen molar-refractivity contribution in [2.45, 2.75) is 13.3 Å². The van der Waals surface area contributed by atoms with Crippen LogP contribution < -0.4 is 0 Å². The summed E-state index contributed by atoms with van der Waals surface area (Å²) in [6, 6.07) is 0. The lowest BCUT2D eigenvalue weighted by molar-refractivity contribution is -0.135. The molecule has 0 aromatic rings. The number of carboxylic acids is 1. The Labute approximate surface area is 82.3 Å². The molecule has 0 aromatic carbocycles. The van der Waals surface area contributed by atoms with Crippen LogP contribution in [0.25, 0.3) is 0 Å². The molecule has 0 aliphatic heterocycles. The summed E-state index contributed by atoms with van der Waals surface area (Å²) in [5.74, 6) is -1.77. The van der Waals surface area contributed by atoms with Crippen molar-refractivity contribution in [2.24, 2.45) is 0 Å². The summed E-state index contributed by atoms with van der Waals surface area (Å²) in [4.78, 5) is 21.8. The maximum absolute atomic E-state index is 11.2. The molecule has 0 saturated carbocycles. The van der Waals surface area contributed by atoms with E-state index in [1.165, 1.54) is 7.11 Å². The third kappa shape index (κ3) is 4.61. The van der Waals surface area contributed by atoms with Crippen LogP contribution in [0.2, 0.25) is 0 Å². The normalized spacial score (nSPS) is 11.1. The number of carboxylic acid groups (broad SMARTS) is 1. The quantitative estimate of drug-likeness (QED) is 0.283. The average Bonchev–Trinajstić information content (AvgIpc) is 2.14. The molecule has 0 spiro atoms. The minimum absolute atomic E-state index is 0.0434. The molecule has 0 aromatic heterocycles. The molecule has 14 heavy (non-hydrogen) atoms. The smallest absolute Gasteiger partial charge is 0.342 e. The van der Waals surface area contributed by atoms with Gasteiger partial charge in [-0.25, -0.2) is 4.79 Å². The van der Waals surface area contributed by atoms with Crippen molar-refractivity contribution in [3.8, 4) is 0 Å². The Morgan fingerprint density at radius 3 is 2.50 bits per heavy atom. The molecule has 0 radical (unpaired) electrons. The van der Waals surface area contributed by atoms with E-state index in [0.29, 0.717) is 6.61 Å². The Morgan fingerprint density at radius 1 is 1.43 bits per heavy atom. The van der Waals surface area contributed by atoms with Gasteiger partial charge in [0, 0.05) is 13.5 Å². The van der Waals surface area contributed by atoms with Crippen LogP contribution in [-0.2, 0) is 19.1 Å². The number of Topliss-reactive ketones (excluding diaryl/α,β-unsaturated/α-hetero) is 1. The predicted molar refractivity (Wildman–Crippen MR) is 48.8 cm³/mol. The monoisotopic (exact) mass is 202 g/mol. The van der Waals surface area contributed by atoms with Gasteiger partial charge in [0.05, 0.1) is 13.2 Å². The summed E-state index contributed by atoms with van der Waals surface area (Å²) in [5.41, 5.74) is -0.344. The first-order chi connectivity index (χ1) is 6.63. The second kappa shape index (κ2) is 7.08. The van der Waals surface area contributed by atoms with Gasteiger partial charge in [-0.2, -0.15) is 0 Å². The molecule has 5 nitrogen and oxygen atoms in total. The molecule has 80 valence electrons. The highest BCUT2D eigenvalue weighted by Gasteiger charge is 2.17. The standard InChI is InChI=1S/C9H14O5/c1-3-14-6-7(9(11)12)8(10)4-5-13-2/h6H,3-5H2,1-2H3,(H,11,12)/b7-6-. The number of methoxy groups -OCH3 is 1. The fraction of sp³-hybridized carbons (Fsp3) is 0.556. The molecule has 0 atom stereocenters. The lowest BCUT2D eigenvalue weighted by Crippen LogP contribution is -2.14. The Bertz CT molecular complexity index is 231. The molecule has 0 bridgehead atoms. The van der Waals surface area contributed by atoms with Crippen LogP contribution in [0.15, 0.2) is 11.8 Å². The fourth-order valence-corrected chi connectivity index (χ4v) is 0.731. The second-order valence-corrected chi connectivity index (χ2v) is 2.46. The number of ketones is 1. The molecule has 1 N–H and O–H groups in total. The van der Waals surface area contributed by atoms with Crippen molar-refractivity contribution in [1.82, 2.24) is 0 Å². The first-order valence-electron chi connectivity index (χ1n) is 4.20. The van der Waals surface area contributed by atoms with E-state index in [1.807, 2.05) is 0 Å². The van der Waals surface area contributed by atoms with Gasteiger partial charge in [-0.05, 0) is 6.92 Å². The highest BCUT2D eigenvalue weighted by Crippen LogP contribution is 2.01. The lowest BCUT2D eigenvalue weighted by atomic mass is 10.1. The number of rotatable bonds is 7. The number of aliphatic carboxylic acids is 1. The van der Waals surface area contributed by atoms with Crippen molar-refractivity contribution in [2.75, 3.05) is 20.3 Å². The van der Waals surface area contributed by atoms with Crippen molar-refractivity contribution in [3.63, 3.8) is 0 Å². The van der Waals surface area contributed by atoms with Crippen LogP contribution >= 0.6 is 0 Å². The van der Waals surface area contributed by atoms with E-state index in [9.17, 15) is 9.59 Å². The van der Waals surface area contributed by atoms with Gasteiger partial charge in [-0.1, -0.05) is 0 Å². The van der Waals surface area contributed by atoms with Crippen LogP contribution in [-0.4, -0.2) is 37.2 Å². The van der Waals surface area contributed by atoms with Gasteiger partial charge in [-0.3, -0.25) is 4.79 Å². The fourth-order valence-electron chi connectivity index (χ4n) is 0.731. The van der Waals surface area contributed by atoms with Crippen molar-refractivity contribution >= 4 is 11.8 Å². The zero-order valence-electron chi connectivity index (χ0n) is 8.28. The summed E-state index contributed by atoms with van der Waals surface area (Å²) in [5, 5.41) is 8.66. The van der Waals surface area contributed by atoms with E-state index in [0.717, 1.165) is 6.26 Å². The Hall–Kier alpha value is -1.36. The summed E-state index contributed by atoms with van der Waals surface area (Å²) in [7, 11) is 1.44. The maximum atomic E-state index is 11.2. The first-order valence-corrected chi connectivity index (χ1v) is 4.20. The summed E-state index contributed by atoms with van der Waals surface area (Å²) in [6.07, 6.45) is 1.02. The van der Waals surface area contributed by atoms with Gasteiger partial charge in [0.1, 0.15) is 11.8 Å². The van der Waals surface area contributed by atoms with E-state index in [4.69, 9.17) is 9.84 Å². The second-order valence-electron chi connectivity index (χ2n) is 2.46. The minimum atomic E-state index is -1.28. The Kier molecular flexibility index (Phi) is 6.39. The van der Waals surface area contributed by atoms with Gasteiger partial charge in [0.2, 0.25) is 0 Å². The SMILES string of the molecule is CCO/C=C(\C(=O)O)C(=O)CCOC. The summed E-state index contributed by atoms with van der Waals surface area (Å²) < 4.78 is 9.42. The largest absolute Gasteiger partial charge is 0.500 e. The van der Waals surface area contributed by atoms with Crippen LogP contribution in [0.5, 0.6) is 0 Å². The van der Waals surface area contributed by atoms with Gasteiger partial charge in [0.15, 0.2) is 5.78 Å². The third-order valence-electron chi connectivity index (χ3n) is 1.43. The van der Waals surface area contributed by atoms with Crippen LogP contribution in [0, 0.1) is 0 Å². The van der Waals surface area contributed by atoms with Crippen LogP contribution in [0.3, 0.4) is 0 Å². The zero-order valence-corrected chi connectivity index (χ0v) is 8.28. The number of hydrogen-bond acceptors (Lipinski definition) is 4. The third-order valence-corrected chi connectivity index (χ3v) is 1.43. The van der Waals surface area contributed by atoms with E-state index in [2.05, 4.69) is 4.74 Å². The van der Waals surface area contributed by atoms with Gasteiger partial charge in [0.25, 0.3) is 0 Å². The van der Waals surface area contributed by atoms with Gasteiger partial charge >= 0.3 is 5.97 Å². The first kappa shape index (κ1) is 12.6. The van der Waals surface area contributed by atoms with E-state index in [1.54, 1.807) is 6.92 Å². The van der Waals surface area contributed by atoms with E-state index in [-0.39, 0.29) is 18.6 Å². The highest BCUT2D eigenvalue weighted by molar-refractivity contribution is 6.16. The van der Waals surface area contributed by atoms with Gasteiger partial charge in [-0.15, -0.1) is 0 Å². The molecular formula is C9H14O5. The molecular weight excluding hydrogens is 188 g/mol. The molecule has 0 rings (SSSR count). The maximum Gasteiger partial charge on any atom is 0.342 e. The molecule has 0 unspecified atom stereocenters. The molecule has 0 heterocycles. The van der Waals surface area contributed by atoms with Crippen molar-refractivity contribution in [3.05, 3.63) is 11.8 Å². The van der Waals surface area contributed by atoms with Crippen molar-refractivity contribution < 1.29 is 24.2 Å².